The standard InChI is InChI=1S/C29H32N8O/c1-36(2)15-7-10-27(38)33-22-13-14-30-25(18-22)24-9-6-8-21-19-32-29(35-28(21)24)34-23-11-12-26(31-20-23)37-16-4-3-5-17-37/h6-14,18-20H,3-5,15-17H2,1-2H3,(H,30,33,38)(H,32,34,35)/b10-7+. The second-order valence-electron chi connectivity index (χ2n) is 9.60. The third kappa shape index (κ3) is 6.30. The number of pyridine rings is 2. The maximum atomic E-state index is 12.3. The molecule has 38 heavy (non-hydrogen) atoms. The average molecular weight is 509 g/mol. The molecule has 0 aliphatic carbocycles. The van der Waals surface area contributed by atoms with E-state index in [0.29, 0.717) is 23.9 Å². The number of piperidine rings is 1. The molecule has 0 unspecified atom stereocenters. The summed E-state index contributed by atoms with van der Waals surface area (Å²) < 4.78 is 0. The molecule has 0 atom stereocenters. The minimum atomic E-state index is -0.185. The highest BCUT2D eigenvalue weighted by Gasteiger charge is 2.13. The molecule has 0 spiro atoms. The van der Waals surface area contributed by atoms with E-state index >= 15 is 0 Å². The van der Waals surface area contributed by atoms with Gasteiger partial charge in [-0.25, -0.2) is 15.0 Å². The van der Waals surface area contributed by atoms with Gasteiger partial charge < -0.3 is 20.4 Å². The summed E-state index contributed by atoms with van der Waals surface area (Å²) in [6, 6.07) is 13.6. The third-order valence-corrected chi connectivity index (χ3v) is 6.34. The predicted molar refractivity (Wildman–Crippen MR) is 153 cm³/mol. The number of amides is 1. The minimum absolute atomic E-state index is 0.185. The summed E-state index contributed by atoms with van der Waals surface area (Å²) in [6.45, 7) is 2.81. The van der Waals surface area contributed by atoms with Gasteiger partial charge in [-0.3, -0.25) is 9.78 Å². The molecule has 0 saturated carbocycles. The summed E-state index contributed by atoms with van der Waals surface area (Å²) >= 11 is 0. The van der Waals surface area contributed by atoms with Crippen molar-refractivity contribution in [2.75, 3.05) is 49.3 Å². The zero-order chi connectivity index (χ0) is 26.3. The van der Waals surface area contributed by atoms with E-state index in [1.54, 1.807) is 18.5 Å². The van der Waals surface area contributed by atoms with Crippen LogP contribution in [0.5, 0.6) is 0 Å². The van der Waals surface area contributed by atoms with Gasteiger partial charge in [0.25, 0.3) is 0 Å². The fraction of sp³-hybridized carbons (Fsp3) is 0.276. The van der Waals surface area contributed by atoms with Crippen molar-refractivity contribution in [2.45, 2.75) is 19.3 Å². The Bertz CT molecular complexity index is 1430. The Balaban J connectivity index is 1.35. The van der Waals surface area contributed by atoms with Gasteiger partial charge in [-0.2, -0.15) is 0 Å². The van der Waals surface area contributed by atoms with E-state index in [4.69, 9.17) is 4.98 Å². The number of anilines is 4. The number of benzene rings is 1. The van der Waals surface area contributed by atoms with Crippen LogP contribution in [-0.4, -0.2) is 64.5 Å². The average Bonchev–Trinajstić information content (AvgIpc) is 2.93. The van der Waals surface area contributed by atoms with Crippen molar-refractivity contribution >= 4 is 40.0 Å². The highest BCUT2D eigenvalue weighted by molar-refractivity contribution is 6.00. The second-order valence-corrected chi connectivity index (χ2v) is 9.60. The van der Waals surface area contributed by atoms with Crippen LogP contribution in [0.4, 0.5) is 23.1 Å². The monoisotopic (exact) mass is 508 g/mol. The summed E-state index contributed by atoms with van der Waals surface area (Å²) in [6.07, 6.45) is 12.4. The number of carbonyl (C=O) groups is 1. The number of aromatic nitrogens is 4. The quantitative estimate of drug-likeness (QED) is 0.325. The van der Waals surface area contributed by atoms with Gasteiger partial charge in [0, 0.05) is 54.7 Å². The number of nitrogens with zero attached hydrogens (tertiary/aromatic N) is 6. The molecule has 4 heterocycles. The number of para-hydroxylation sites is 1. The molecule has 1 aromatic carbocycles. The zero-order valence-corrected chi connectivity index (χ0v) is 21.8. The highest BCUT2D eigenvalue weighted by atomic mass is 16.1. The van der Waals surface area contributed by atoms with Gasteiger partial charge in [0.2, 0.25) is 11.9 Å². The molecule has 0 radical (unpaired) electrons. The Hall–Kier alpha value is -4.37. The van der Waals surface area contributed by atoms with Crippen molar-refractivity contribution in [3.05, 3.63) is 73.2 Å². The number of hydrogen-bond donors (Lipinski definition) is 2. The maximum absolute atomic E-state index is 12.3. The van der Waals surface area contributed by atoms with Crippen LogP contribution in [0.3, 0.4) is 0 Å². The van der Waals surface area contributed by atoms with Gasteiger partial charge in [0.15, 0.2) is 0 Å². The first-order valence-electron chi connectivity index (χ1n) is 12.9. The van der Waals surface area contributed by atoms with Gasteiger partial charge in [0.1, 0.15) is 5.82 Å². The molecule has 1 saturated heterocycles. The van der Waals surface area contributed by atoms with Crippen LogP contribution in [0.2, 0.25) is 0 Å². The number of fused-ring (bicyclic) bond motifs is 1. The number of likely N-dealkylation sites (N-methyl/N-ethyl adjacent to an activating group) is 1. The largest absolute Gasteiger partial charge is 0.357 e. The van der Waals surface area contributed by atoms with E-state index in [1.807, 2.05) is 67.7 Å². The molecule has 2 N–H and O–H groups in total. The van der Waals surface area contributed by atoms with Crippen molar-refractivity contribution in [1.82, 2.24) is 24.8 Å². The predicted octanol–water partition coefficient (Wildman–Crippen LogP) is 4.88. The highest BCUT2D eigenvalue weighted by Crippen LogP contribution is 2.28. The van der Waals surface area contributed by atoms with E-state index < -0.39 is 0 Å². The second kappa shape index (κ2) is 11.8. The lowest BCUT2D eigenvalue weighted by Gasteiger charge is -2.27. The summed E-state index contributed by atoms with van der Waals surface area (Å²) in [7, 11) is 3.91. The Labute approximate surface area is 222 Å². The van der Waals surface area contributed by atoms with Crippen LogP contribution < -0.4 is 15.5 Å². The summed E-state index contributed by atoms with van der Waals surface area (Å²) in [5.74, 6) is 1.30. The molecule has 3 aromatic heterocycles. The molecule has 1 amide bonds. The van der Waals surface area contributed by atoms with Crippen LogP contribution in [0.25, 0.3) is 22.2 Å². The molecule has 5 rings (SSSR count). The van der Waals surface area contributed by atoms with Crippen LogP contribution in [-0.2, 0) is 4.79 Å². The summed E-state index contributed by atoms with van der Waals surface area (Å²) in [4.78, 5) is 35.1. The molecule has 0 bridgehead atoms. The van der Waals surface area contributed by atoms with Crippen LogP contribution >= 0.6 is 0 Å². The molecule has 9 nitrogen and oxygen atoms in total. The first-order valence-corrected chi connectivity index (χ1v) is 12.9. The van der Waals surface area contributed by atoms with Crippen LogP contribution in [0.15, 0.2) is 73.2 Å². The molecule has 1 aliphatic heterocycles. The van der Waals surface area contributed by atoms with Gasteiger partial charge >= 0.3 is 0 Å². The number of nitrogens with one attached hydrogen (secondary N) is 2. The Morgan fingerprint density at radius 3 is 2.66 bits per heavy atom. The molecular weight excluding hydrogens is 476 g/mol. The van der Waals surface area contributed by atoms with Crippen molar-refractivity contribution in [2.24, 2.45) is 0 Å². The topological polar surface area (TPSA) is 99.2 Å². The molecular formula is C29H32N8O. The lowest BCUT2D eigenvalue weighted by Crippen LogP contribution is -2.29. The number of carbonyl (C=O) groups excluding carboxylic acids is 1. The fourth-order valence-electron chi connectivity index (χ4n) is 4.43. The first-order chi connectivity index (χ1) is 18.5. The number of hydrogen-bond acceptors (Lipinski definition) is 8. The van der Waals surface area contributed by atoms with Crippen molar-refractivity contribution in [3.8, 4) is 11.3 Å². The fourth-order valence-corrected chi connectivity index (χ4v) is 4.43. The van der Waals surface area contributed by atoms with Gasteiger partial charge in [-0.05, 0) is 57.6 Å². The van der Waals surface area contributed by atoms with Crippen molar-refractivity contribution in [1.29, 1.82) is 0 Å². The van der Waals surface area contributed by atoms with Crippen LogP contribution in [0, 0.1) is 0 Å². The molecule has 1 fully saturated rings. The smallest absolute Gasteiger partial charge is 0.248 e. The Kier molecular flexibility index (Phi) is 7.84. The molecule has 9 heteroatoms. The maximum Gasteiger partial charge on any atom is 0.248 e. The normalized spacial score (nSPS) is 13.8. The van der Waals surface area contributed by atoms with Gasteiger partial charge in [-0.15, -0.1) is 0 Å². The first kappa shape index (κ1) is 25.3. The molecule has 4 aromatic rings. The minimum Gasteiger partial charge on any atom is -0.357 e. The van der Waals surface area contributed by atoms with Crippen LogP contribution in [0.1, 0.15) is 19.3 Å². The van der Waals surface area contributed by atoms with E-state index in [0.717, 1.165) is 41.1 Å². The summed E-state index contributed by atoms with van der Waals surface area (Å²) in [5, 5.41) is 7.08. The Morgan fingerprint density at radius 2 is 1.87 bits per heavy atom. The van der Waals surface area contributed by atoms with Gasteiger partial charge in [-0.1, -0.05) is 24.3 Å². The lowest BCUT2D eigenvalue weighted by atomic mass is 10.1. The molecule has 194 valence electrons. The lowest BCUT2D eigenvalue weighted by molar-refractivity contribution is -0.111. The Morgan fingerprint density at radius 1 is 1.00 bits per heavy atom. The molecule has 1 aliphatic rings. The third-order valence-electron chi connectivity index (χ3n) is 6.34. The SMILES string of the molecule is CN(C)C/C=C/C(=O)Nc1ccnc(-c2cccc3cnc(Nc4ccc(N5CCCCC5)nc4)nc23)c1. The van der Waals surface area contributed by atoms with E-state index in [1.165, 1.54) is 25.3 Å². The van der Waals surface area contributed by atoms with E-state index in [2.05, 4.69) is 30.5 Å². The zero-order valence-electron chi connectivity index (χ0n) is 21.8. The van der Waals surface area contributed by atoms with Crippen molar-refractivity contribution in [3.63, 3.8) is 0 Å². The van der Waals surface area contributed by atoms with Gasteiger partial charge in [0.05, 0.1) is 23.1 Å². The van der Waals surface area contributed by atoms with E-state index in [9.17, 15) is 4.79 Å². The number of rotatable bonds is 8. The summed E-state index contributed by atoms with van der Waals surface area (Å²) in [5.41, 5.74) is 3.82. The van der Waals surface area contributed by atoms with E-state index in [-0.39, 0.29) is 5.91 Å². The van der Waals surface area contributed by atoms with Crippen molar-refractivity contribution < 1.29 is 4.79 Å².